The lowest BCUT2D eigenvalue weighted by atomic mass is 9.95. The molecule has 2 aliphatic heterocycles. The molecule has 2 N–H and O–H groups in total. The maximum absolute atomic E-state index is 11.9. The zero-order chi connectivity index (χ0) is 27.1. The van der Waals surface area contributed by atoms with Crippen LogP contribution in [0.15, 0.2) is 66.9 Å². The van der Waals surface area contributed by atoms with Crippen LogP contribution in [0.3, 0.4) is 0 Å². The number of para-hydroxylation sites is 1. The molecule has 0 bridgehead atoms. The summed E-state index contributed by atoms with van der Waals surface area (Å²) in [6.07, 6.45) is 1.88. The minimum Gasteiger partial charge on any atom is -0.491 e. The summed E-state index contributed by atoms with van der Waals surface area (Å²) >= 11 is 0. The molecular weight excluding hydrogens is 484 g/mol. The first-order valence-corrected chi connectivity index (χ1v) is 12.1. The van der Waals surface area contributed by atoms with E-state index in [0.29, 0.717) is 24.5 Å². The van der Waals surface area contributed by atoms with Crippen LogP contribution in [-0.2, 0) is 9.53 Å². The van der Waals surface area contributed by atoms with Gasteiger partial charge in [0, 0.05) is 46.5 Å². The van der Waals surface area contributed by atoms with E-state index in [9.17, 15) is 9.59 Å². The number of primary amides is 1. The highest BCUT2D eigenvalue weighted by Gasteiger charge is 2.39. The van der Waals surface area contributed by atoms with Crippen molar-refractivity contribution in [1.82, 2.24) is 9.88 Å². The van der Waals surface area contributed by atoms with Crippen molar-refractivity contribution in [2.24, 2.45) is 5.73 Å². The molecule has 0 radical (unpaired) electrons. The number of aromatic nitrogens is 1. The third kappa shape index (κ3) is 6.48. The lowest BCUT2D eigenvalue weighted by Crippen LogP contribution is -2.60. The number of carbonyl (C=O) groups excluding carboxylic acids is 2. The first-order valence-electron chi connectivity index (χ1n) is 12.1. The Labute approximate surface area is 223 Å². The Morgan fingerprint density at radius 1 is 1.11 bits per heavy atom. The Balaban J connectivity index is 0.000000220. The fourth-order valence-electron chi connectivity index (χ4n) is 4.03. The van der Waals surface area contributed by atoms with Gasteiger partial charge in [0.15, 0.2) is 5.60 Å². The van der Waals surface area contributed by atoms with Crippen molar-refractivity contribution in [2.45, 2.75) is 12.0 Å². The number of likely N-dealkylation sites (tertiary alicyclic amines) is 1. The van der Waals surface area contributed by atoms with Crippen LogP contribution in [-0.4, -0.2) is 68.2 Å². The highest BCUT2D eigenvalue weighted by molar-refractivity contribution is 5.95. The molecule has 1 saturated heterocycles. The molecule has 3 heterocycles. The molecule has 1 fully saturated rings. The summed E-state index contributed by atoms with van der Waals surface area (Å²) in [4.78, 5) is 30.5. The Morgan fingerprint density at radius 2 is 1.87 bits per heavy atom. The molecule has 198 valence electrons. The third-order valence-corrected chi connectivity index (χ3v) is 6.11. The number of amides is 2. The molecule has 38 heavy (non-hydrogen) atoms. The zero-order valence-electron chi connectivity index (χ0n) is 21.6. The van der Waals surface area contributed by atoms with E-state index >= 15 is 0 Å². The summed E-state index contributed by atoms with van der Waals surface area (Å²) in [6.45, 7) is 2.03. The van der Waals surface area contributed by atoms with E-state index < -0.39 is 5.91 Å². The average Bonchev–Trinajstić information content (AvgIpc) is 3.05. The maximum atomic E-state index is 11.9. The Bertz CT molecular complexity index is 1370. The largest absolute Gasteiger partial charge is 0.491 e. The second-order valence-electron chi connectivity index (χ2n) is 9.01. The number of nitrogens with zero attached hydrogens (tertiary/aromatic N) is 3. The van der Waals surface area contributed by atoms with Gasteiger partial charge in [-0.1, -0.05) is 30.0 Å². The van der Waals surface area contributed by atoms with Gasteiger partial charge in [-0.05, 0) is 43.4 Å². The van der Waals surface area contributed by atoms with Gasteiger partial charge in [-0.3, -0.25) is 19.5 Å². The zero-order valence-corrected chi connectivity index (χ0v) is 21.6. The van der Waals surface area contributed by atoms with E-state index in [1.54, 1.807) is 25.1 Å². The number of carbonyl (C=O) groups is 2. The first-order chi connectivity index (χ1) is 18.3. The number of fused-ring (bicyclic) bond motifs is 1. The smallest absolute Gasteiger partial charge is 0.267 e. The van der Waals surface area contributed by atoms with Crippen LogP contribution in [0.4, 0.5) is 5.69 Å². The SMILES string of the molecule is COC1(C#Cc2ccc3c(c2)N(C)C(=O)CCO3)CN(C)C1.NC(=O)c1cc(Oc2ccccc2)ccn1.[HH]. The van der Waals surface area contributed by atoms with Gasteiger partial charge in [0.2, 0.25) is 5.91 Å². The first kappa shape index (κ1) is 26.7. The fraction of sp³-hybridized carbons (Fsp3) is 0.276. The van der Waals surface area contributed by atoms with Crippen molar-refractivity contribution < 1.29 is 25.2 Å². The molecule has 0 aliphatic carbocycles. The van der Waals surface area contributed by atoms with Crippen molar-refractivity contribution in [1.29, 1.82) is 0 Å². The number of methoxy groups -OCH3 is 1. The summed E-state index contributed by atoms with van der Waals surface area (Å²) in [5.74, 6) is 7.83. The van der Waals surface area contributed by atoms with E-state index in [4.69, 9.17) is 19.9 Å². The Morgan fingerprint density at radius 3 is 2.55 bits per heavy atom. The lowest BCUT2D eigenvalue weighted by molar-refractivity contribution is -0.118. The molecule has 2 aromatic carbocycles. The molecule has 9 heteroatoms. The van der Waals surface area contributed by atoms with E-state index in [1.165, 1.54) is 12.3 Å². The quantitative estimate of drug-likeness (QED) is 0.530. The molecule has 0 saturated carbocycles. The molecular formula is C29H32N4O5. The number of pyridine rings is 1. The van der Waals surface area contributed by atoms with Crippen molar-refractivity contribution in [2.75, 3.05) is 45.8 Å². The van der Waals surface area contributed by atoms with Crippen molar-refractivity contribution in [3.63, 3.8) is 0 Å². The van der Waals surface area contributed by atoms with Crippen LogP contribution >= 0.6 is 0 Å². The predicted molar refractivity (Wildman–Crippen MR) is 145 cm³/mol. The van der Waals surface area contributed by atoms with E-state index in [2.05, 4.69) is 21.7 Å². The average molecular weight is 517 g/mol. The van der Waals surface area contributed by atoms with Gasteiger partial charge >= 0.3 is 0 Å². The number of nitrogens with two attached hydrogens (primary N) is 1. The minimum atomic E-state index is -0.571. The molecule has 2 amide bonds. The highest BCUT2D eigenvalue weighted by atomic mass is 16.5. The summed E-state index contributed by atoms with van der Waals surface area (Å²) in [5, 5.41) is 0. The summed E-state index contributed by atoms with van der Waals surface area (Å²) in [6, 6.07) is 18.1. The summed E-state index contributed by atoms with van der Waals surface area (Å²) < 4.78 is 16.7. The Hall–Kier alpha value is -4.39. The van der Waals surface area contributed by atoms with Gasteiger partial charge in [0.1, 0.15) is 22.9 Å². The molecule has 5 rings (SSSR count). The highest BCUT2D eigenvalue weighted by Crippen LogP contribution is 2.31. The van der Waals surface area contributed by atoms with Gasteiger partial charge in [0.25, 0.3) is 5.91 Å². The molecule has 0 atom stereocenters. The van der Waals surface area contributed by atoms with Crippen LogP contribution in [0, 0.1) is 11.8 Å². The third-order valence-electron chi connectivity index (χ3n) is 6.11. The molecule has 9 nitrogen and oxygen atoms in total. The van der Waals surface area contributed by atoms with Crippen molar-refractivity contribution >= 4 is 17.5 Å². The molecule has 0 unspecified atom stereocenters. The predicted octanol–water partition coefficient (Wildman–Crippen LogP) is 3.33. The van der Waals surface area contributed by atoms with Crippen molar-refractivity contribution in [3.05, 3.63) is 78.1 Å². The van der Waals surface area contributed by atoms with Gasteiger partial charge in [-0.25, -0.2) is 0 Å². The number of anilines is 1. The van der Waals surface area contributed by atoms with E-state index in [-0.39, 0.29) is 18.6 Å². The van der Waals surface area contributed by atoms with Gasteiger partial charge in [0.05, 0.1) is 18.7 Å². The monoisotopic (exact) mass is 516 g/mol. The topological polar surface area (TPSA) is 107 Å². The number of hydrogen-bond acceptors (Lipinski definition) is 7. The molecule has 0 spiro atoms. The van der Waals surface area contributed by atoms with Crippen molar-refractivity contribution in [3.8, 4) is 29.1 Å². The number of rotatable bonds is 4. The number of likely N-dealkylation sites (N-methyl/N-ethyl adjacent to an activating group) is 1. The van der Waals surface area contributed by atoms with Crippen LogP contribution in [0.25, 0.3) is 0 Å². The maximum Gasteiger partial charge on any atom is 0.267 e. The molecule has 2 aliphatic rings. The molecule has 3 aromatic rings. The van der Waals surface area contributed by atoms with E-state index in [1.807, 2.05) is 55.6 Å². The lowest BCUT2D eigenvalue weighted by Gasteiger charge is -2.43. The van der Waals surface area contributed by atoms with E-state index in [0.717, 1.165) is 30.1 Å². The Kier molecular flexibility index (Phi) is 8.26. The standard InChI is InChI=1S/C17H20N2O3.C12H10N2O2.H2/c1-18-11-17(12-18,21-3)8-6-13-4-5-15-14(10-13)19(2)16(20)7-9-22-15;13-12(15)11-8-10(6-7-14-11)16-9-4-2-1-3-5-9;/h4-5,10H,7,9,11-12H2,1-3H3;1-8H,(H2,13,15);1H. The second-order valence-corrected chi connectivity index (χ2v) is 9.01. The van der Waals surface area contributed by atoms with Gasteiger partial charge in [-0.15, -0.1) is 0 Å². The number of benzene rings is 2. The fourth-order valence-corrected chi connectivity index (χ4v) is 4.03. The summed E-state index contributed by atoms with van der Waals surface area (Å²) in [7, 11) is 5.50. The minimum absolute atomic E-state index is 0. The van der Waals surface area contributed by atoms with Crippen LogP contribution in [0.5, 0.6) is 17.2 Å². The number of hydrogen-bond donors (Lipinski definition) is 1. The molecule has 1 aromatic heterocycles. The summed E-state index contributed by atoms with van der Waals surface area (Å²) in [5.41, 5.74) is 6.56. The number of ether oxygens (including phenoxy) is 3. The van der Waals surface area contributed by atoms with Crippen LogP contribution in [0.2, 0.25) is 0 Å². The normalized spacial score (nSPS) is 15.8. The van der Waals surface area contributed by atoms with Crippen LogP contribution < -0.4 is 20.1 Å². The van der Waals surface area contributed by atoms with Gasteiger partial charge < -0.3 is 24.8 Å². The second kappa shape index (κ2) is 11.8. The van der Waals surface area contributed by atoms with Crippen LogP contribution in [0.1, 0.15) is 23.9 Å². The van der Waals surface area contributed by atoms with Gasteiger partial charge in [-0.2, -0.15) is 0 Å².